The number of methoxy groups -OCH3 is 1. The van der Waals surface area contributed by atoms with E-state index in [4.69, 9.17) is 9.47 Å². The second-order valence-electron chi connectivity index (χ2n) is 6.16. The maximum Gasteiger partial charge on any atom is 0.223 e. The Kier molecular flexibility index (Phi) is 7.53. The van der Waals surface area contributed by atoms with Gasteiger partial charge in [-0.25, -0.2) is 0 Å². The van der Waals surface area contributed by atoms with Gasteiger partial charge in [-0.3, -0.25) is 9.69 Å². The molecule has 0 aromatic heterocycles. The van der Waals surface area contributed by atoms with Gasteiger partial charge in [-0.1, -0.05) is 32.0 Å². The molecule has 1 amide bonds. The van der Waals surface area contributed by atoms with Gasteiger partial charge in [0.2, 0.25) is 5.91 Å². The molecule has 1 fully saturated rings. The first-order valence-electron chi connectivity index (χ1n) is 8.93. The second kappa shape index (κ2) is 9.64. The Labute approximate surface area is 145 Å². The number of hydrogen-bond donors (Lipinski definition) is 1. The third-order valence-corrected chi connectivity index (χ3v) is 4.81. The molecule has 1 aliphatic rings. The Bertz CT molecular complexity index is 511. The molecule has 24 heavy (non-hydrogen) atoms. The van der Waals surface area contributed by atoms with Gasteiger partial charge in [0.25, 0.3) is 0 Å². The quantitative estimate of drug-likeness (QED) is 0.794. The van der Waals surface area contributed by atoms with Crippen LogP contribution in [0.1, 0.15) is 38.3 Å². The number of carbonyl (C=O) groups excluding carboxylic acids is 1. The summed E-state index contributed by atoms with van der Waals surface area (Å²) in [5.41, 5.74) is 1.12. The zero-order valence-electron chi connectivity index (χ0n) is 15.1. The lowest BCUT2D eigenvalue weighted by Gasteiger charge is -2.35. The van der Waals surface area contributed by atoms with E-state index in [9.17, 15) is 4.79 Å². The maximum atomic E-state index is 12.4. The monoisotopic (exact) mass is 334 g/mol. The summed E-state index contributed by atoms with van der Waals surface area (Å²) >= 11 is 0. The number of nitrogens with one attached hydrogen (secondary N) is 1. The second-order valence-corrected chi connectivity index (χ2v) is 6.16. The minimum absolute atomic E-state index is 0.0907. The standard InChI is InChI=1S/C19H30N2O3/c1-4-15(5-2)19(22)20-14-17(21-10-12-24-13-11-21)16-8-6-7-9-18(16)23-3/h6-9,15,17H,4-5,10-14H2,1-3H3,(H,20,22). The summed E-state index contributed by atoms with van der Waals surface area (Å²) in [4.78, 5) is 14.8. The third kappa shape index (κ3) is 4.71. The van der Waals surface area contributed by atoms with Gasteiger partial charge < -0.3 is 14.8 Å². The van der Waals surface area contributed by atoms with Gasteiger partial charge in [0.05, 0.1) is 26.4 Å². The highest BCUT2D eigenvalue weighted by atomic mass is 16.5. The lowest BCUT2D eigenvalue weighted by Crippen LogP contribution is -2.44. The molecule has 0 spiro atoms. The Hall–Kier alpha value is -1.59. The van der Waals surface area contributed by atoms with E-state index in [0.717, 1.165) is 50.5 Å². The minimum atomic E-state index is 0.0907. The van der Waals surface area contributed by atoms with Crippen molar-refractivity contribution in [2.24, 2.45) is 5.92 Å². The first-order chi connectivity index (χ1) is 11.7. The van der Waals surface area contributed by atoms with Crippen LogP contribution in [-0.4, -0.2) is 50.8 Å². The van der Waals surface area contributed by atoms with Gasteiger partial charge in [0.15, 0.2) is 0 Å². The minimum Gasteiger partial charge on any atom is -0.496 e. The first kappa shape index (κ1) is 18.7. The number of hydrogen-bond acceptors (Lipinski definition) is 4. The van der Waals surface area contributed by atoms with Crippen LogP contribution in [0.5, 0.6) is 5.75 Å². The molecule has 5 nitrogen and oxygen atoms in total. The van der Waals surface area contributed by atoms with Crippen molar-refractivity contribution in [3.63, 3.8) is 0 Å². The van der Waals surface area contributed by atoms with Gasteiger partial charge in [-0.05, 0) is 18.9 Å². The molecule has 1 heterocycles. The van der Waals surface area contributed by atoms with Crippen molar-refractivity contribution in [1.82, 2.24) is 10.2 Å². The average Bonchev–Trinajstić information content (AvgIpc) is 2.64. The van der Waals surface area contributed by atoms with Crippen molar-refractivity contribution in [2.45, 2.75) is 32.7 Å². The van der Waals surface area contributed by atoms with Crippen molar-refractivity contribution >= 4 is 5.91 Å². The molecular formula is C19H30N2O3. The molecule has 134 valence electrons. The fraction of sp³-hybridized carbons (Fsp3) is 0.632. The van der Waals surface area contributed by atoms with E-state index in [1.54, 1.807) is 7.11 Å². The van der Waals surface area contributed by atoms with E-state index in [2.05, 4.69) is 30.1 Å². The molecule has 0 aliphatic carbocycles. The van der Waals surface area contributed by atoms with E-state index >= 15 is 0 Å². The highest BCUT2D eigenvalue weighted by molar-refractivity contribution is 5.78. The van der Waals surface area contributed by atoms with Crippen molar-refractivity contribution in [2.75, 3.05) is 40.0 Å². The van der Waals surface area contributed by atoms with Crippen LogP contribution in [0, 0.1) is 5.92 Å². The summed E-state index contributed by atoms with van der Waals surface area (Å²) in [7, 11) is 1.69. The van der Waals surface area contributed by atoms with Gasteiger partial charge in [0, 0.05) is 31.1 Å². The largest absolute Gasteiger partial charge is 0.496 e. The summed E-state index contributed by atoms with van der Waals surface area (Å²) in [6, 6.07) is 8.16. The molecule has 0 bridgehead atoms. The van der Waals surface area contributed by atoms with E-state index in [0.29, 0.717) is 6.54 Å². The molecule has 2 rings (SSSR count). The molecule has 1 aliphatic heterocycles. The lowest BCUT2D eigenvalue weighted by molar-refractivity contribution is -0.125. The van der Waals surface area contributed by atoms with Gasteiger partial charge >= 0.3 is 0 Å². The van der Waals surface area contributed by atoms with Crippen molar-refractivity contribution < 1.29 is 14.3 Å². The molecule has 0 radical (unpaired) electrons. The highest BCUT2D eigenvalue weighted by Gasteiger charge is 2.26. The van der Waals surface area contributed by atoms with Crippen molar-refractivity contribution in [1.29, 1.82) is 0 Å². The van der Waals surface area contributed by atoms with Gasteiger partial charge in [-0.15, -0.1) is 0 Å². The number of ether oxygens (including phenoxy) is 2. The Balaban J connectivity index is 2.15. The van der Waals surface area contributed by atoms with E-state index in [-0.39, 0.29) is 17.9 Å². The number of rotatable bonds is 8. The Morgan fingerprint density at radius 3 is 2.54 bits per heavy atom. The SMILES string of the molecule is CCC(CC)C(=O)NCC(c1ccccc1OC)N1CCOCC1. The first-order valence-corrected chi connectivity index (χ1v) is 8.93. The molecule has 1 saturated heterocycles. The summed E-state index contributed by atoms with van der Waals surface area (Å²) in [5.74, 6) is 1.10. The molecule has 1 aromatic rings. The van der Waals surface area contributed by atoms with Crippen LogP contribution in [-0.2, 0) is 9.53 Å². The number of carbonyl (C=O) groups is 1. The molecule has 1 atom stereocenters. The number of morpholine rings is 1. The fourth-order valence-electron chi connectivity index (χ4n) is 3.27. The van der Waals surface area contributed by atoms with Gasteiger partial charge in [0.1, 0.15) is 5.75 Å². The zero-order valence-corrected chi connectivity index (χ0v) is 15.1. The Morgan fingerprint density at radius 1 is 1.25 bits per heavy atom. The van der Waals surface area contributed by atoms with Crippen LogP contribution >= 0.6 is 0 Å². The number of benzene rings is 1. The predicted octanol–water partition coefficient (Wildman–Crippen LogP) is 2.62. The van der Waals surface area contributed by atoms with Crippen LogP contribution in [0.25, 0.3) is 0 Å². The molecule has 5 heteroatoms. The molecule has 1 unspecified atom stereocenters. The molecular weight excluding hydrogens is 304 g/mol. The van der Waals surface area contributed by atoms with Crippen molar-refractivity contribution in [3.8, 4) is 5.75 Å². The number of amides is 1. The summed E-state index contributed by atoms with van der Waals surface area (Å²) < 4.78 is 11.0. The summed E-state index contributed by atoms with van der Waals surface area (Å²) in [6.07, 6.45) is 1.75. The number of para-hydroxylation sites is 1. The van der Waals surface area contributed by atoms with Crippen molar-refractivity contribution in [3.05, 3.63) is 29.8 Å². The zero-order chi connectivity index (χ0) is 17.4. The van der Waals surface area contributed by atoms with Crippen LogP contribution in [0.2, 0.25) is 0 Å². The highest BCUT2D eigenvalue weighted by Crippen LogP contribution is 2.29. The third-order valence-electron chi connectivity index (χ3n) is 4.81. The van der Waals surface area contributed by atoms with E-state index < -0.39 is 0 Å². The van der Waals surface area contributed by atoms with E-state index in [1.165, 1.54) is 0 Å². The smallest absolute Gasteiger partial charge is 0.223 e. The normalized spacial score (nSPS) is 16.8. The topological polar surface area (TPSA) is 50.8 Å². The van der Waals surface area contributed by atoms with E-state index in [1.807, 2.05) is 18.2 Å². The molecule has 0 saturated carbocycles. The van der Waals surface area contributed by atoms with Crippen LogP contribution in [0.3, 0.4) is 0 Å². The molecule has 1 aromatic carbocycles. The summed E-state index contributed by atoms with van der Waals surface area (Å²) in [5, 5.41) is 3.15. The lowest BCUT2D eigenvalue weighted by atomic mass is 10.0. The average molecular weight is 334 g/mol. The predicted molar refractivity (Wildman–Crippen MR) is 95.2 cm³/mol. The maximum absolute atomic E-state index is 12.4. The Morgan fingerprint density at radius 2 is 1.92 bits per heavy atom. The number of nitrogens with zero attached hydrogens (tertiary/aromatic N) is 1. The molecule has 1 N–H and O–H groups in total. The summed E-state index contributed by atoms with van der Waals surface area (Å²) in [6.45, 7) is 7.90. The van der Waals surface area contributed by atoms with Crippen LogP contribution in [0.4, 0.5) is 0 Å². The fourth-order valence-corrected chi connectivity index (χ4v) is 3.27. The van der Waals surface area contributed by atoms with Gasteiger partial charge in [-0.2, -0.15) is 0 Å². The van der Waals surface area contributed by atoms with Crippen LogP contribution < -0.4 is 10.1 Å². The van der Waals surface area contributed by atoms with Crippen LogP contribution in [0.15, 0.2) is 24.3 Å².